The SMILES string of the molecule is CC1(C)C(O)CCC2(C)C1CCC1(C)C3CCC4(Cc5cccc(CNCc6nc7ccc(C(=O)O)cc7[nH]6)c5)CCCC4C3CCC12. The van der Waals surface area contributed by atoms with Gasteiger partial charge in [0.1, 0.15) is 5.82 Å². The quantitative estimate of drug-likeness (QED) is 0.205. The number of hydrogen-bond donors (Lipinski definition) is 4. The molecule has 0 bridgehead atoms. The molecule has 258 valence electrons. The first-order chi connectivity index (χ1) is 22.9. The van der Waals surface area contributed by atoms with Crippen molar-refractivity contribution < 1.29 is 15.0 Å². The molecule has 2 aromatic carbocycles. The second-order valence-corrected chi connectivity index (χ2v) is 18.1. The number of benzene rings is 2. The number of carboxylic acids is 1. The van der Waals surface area contributed by atoms with Crippen molar-refractivity contribution in [2.24, 2.45) is 51.2 Å². The zero-order valence-electron chi connectivity index (χ0n) is 29.7. The van der Waals surface area contributed by atoms with Gasteiger partial charge in [0.15, 0.2) is 0 Å². The molecule has 0 aliphatic heterocycles. The molecule has 1 heterocycles. The molecule has 9 atom stereocenters. The predicted molar refractivity (Wildman–Crippen MR) is 190 cm³/mol. The molecule has 3 aromatic rings. The van der Waals surface area contributed by atoms with Gasteiger partial charge in [-0.2, -0.15) is 0 Å². The van der Waals surface area contributed by atoms with Gasteiger partial charge in [-0.1, -0.05) is 58.4 Å². The van der Waals surface area contributed by atoms with E-state index in [2.05, 4.69) is 67.2 Å². The number of aliphatic hydroxyl groups is 1. The maximum Gasteiger partial charge on any atom is 0.335 e. The van der Waals surface area contributed by atoms with Crippen molar-refractivity contribution in [2.45, 2.75) is 124 Å². The fourth-order valence-corrected chi connectivity index (χ4v) is 13.5. The number of carbonyl (C=O) groups is 1. The molecule has 4 N–H and O–H groups in total. The van der Waals surface area contributed by atoms with Crippen LogP contribution in [0.4, 0.5) is 0 Å². The van der Waals surface area contributed by atoms with Crippen LogP contribution in [-0.4, -0.2) is 32.3 Å². The normalized spacial score (nSPS) is 38.5. The lowest BCUT2D eigenvalue weighted by atomic mass is 9.36. The minimum Gasteiger partial charge on any atom is -0.478 e. The lowest BCUT2D eigenvalue weighted by Crippen LogP contribution is -2.63. The van der Waals surface area contributed by atoms with Crippen molar-refractivity contribution in [3.63, 3.8) is 0 Å². The molecule has 5 aliphatic carbocycles. The van der Waals surface area contributed by atoms with Crippen molar-refractivity contribution in [1.29, 1.82) is 0 Å². The van der Waals surface area contributed by atoms with Crippen molar-refractivity contribution in [3.05, 3.63) is 65.0 Å². The van der Waals surface area contributed by atoms with Crippen LogP contribution in [0.5, 0.6) is 0 Å². The number of nitrogens with zero attached hydrogens (tertiary/aromatic N) is 1. The molecule has 0 spiro atoms. The number of carboxylic acid groups (broad SMARTS) is 1. The van der Waals surface area contributed by atoms with Crippen molar-refractivity contribution >= 4 is 17.0 Å². The maximum absolute atomic E-state index is 11.3. The first-order valence-electron chi connectivity index (χ1n) is 19.1. The van der Waals surface area contributed by atoms with E-state index >= 15 is 0 Å². The van der Waals surface area contributed by atoms with Crippen LogP contribution >= 0.6 is 0 Å². The summed E-state index contributed by atoms with van der Waals surface area (Å²) < 4.78 is 0. The molecule has 6 heteroatoms. The number of H-pyrrole nitrogens is 1. The van der Waals surface area contributed by atoms with Gasteiger partial charge >= 0.3 is 5.97 Å². The molecule has 5 saturated carbocycles. The van der Waals surface area contributed by atoms with Crippen LogP contribution < -0.4 is 5.32 Å². The average Bonchev–Trinajstić information content (AvgIpc) is 3.66. The third kappa shape index (κ3) is 5.10. The minimum absolute atomic E-state index is 0.0315. The van der Waals surface area contributed by atoms with Crippen molar-refractivity contribution in [1.82, 2.24) is 15.3 Å². The van der Waals surface area contributed by atoms with E-state index in [9.17, 15) is 15.0 Å². The van der Waals surface area contributed by atoms with Crippen LogP contribution in [0.3, 0.4) is 0 Å². The van der Waals surface area contributed by atoms with E-state index in [-0.39, 0.29) is 17.1 Å². The Morgan fingerprint density at radius 2 is 1.67 bits per heavy atom. The molecule has 1 aromatic heterocycles. The van der Waals surface area contributed by atoms with Gasteiger partial charge in [0.25, 0.3) is 0 Å². The number of hydrogen-bond acceptors (Lipinski definition) is 4. The van der Waals surface area contributed by atoms with Gasteiger partial charge in [-0.25, -0.2) is 9.78 Å². The van der Waals surface area contributed by atoms with E-state index in [1.165, 1.54) is 81.8 Å². The fourth-order valence-electron chi connectivity index (χ4n) is 13.5. The number of nitrogens with one attached hydrogen (secondary N) is 2. The summed E-state index contributed by atoms with van der Waals surface area (Å²) >= 11 is 0. The van der Waals surface area contributed by atoms with Crippen molar-refractivity contribution in [3.8, 4) is 0 Å². The Morgan fingerprint density at radius 1 is 0.854 bits per heavy atom. The van der Waals surface area contributed by atoms with Crippen LogP contribution in [-0.2, 0) is 19.5 Å². The maximum atomic E-state index is 11.3. The summed E-state index contributed by atoms with van der Waals surface area (Å²) in [4.78, 5) is 19.3. The number of aromatic carboxylic acids is 1. The summed E-state index contributed by atoms with van der Waals surface area (Å²) in [6, 6.07) is 14.3. The minimum atomic E-state index is -0.924. The first-order valence-corrected chi connectivity index (χ1v) is 19.1. The Labute approximate surface area is 286 Å². The third-order valence-corrected chi connectivity index (χ3v) is 15.6. The molecule has 8 rings (SSSR count). The number of rotatable bonds is 7. The van der Waals surface area contributed by atoms with Crippen LogP contribution in [0, 0.1) is 51.2 Å². The van der Waals surface area contributed by atoms with E-state index in [0.29, 0.717) is 28.7 Å². The summed E-state index contributed by atoms with van der Waals surface area (Å²) in [7, 11) is 0. The number of imidazole rings is 1. The Hall–Kier alpha value is -2.70. The van der Waals surface area contributed by atoms with Crippen LogP contribution in [0.1, 0.15) is 126 Å². The van der Waals surface area contributed by atoms with E-state index in [1.807, 2.05) is 0 Å². The van der Waals surface area contributed by atoms with Crippen LogP contribution in [0.15, 0.2) is 42.5 Å². The molecule has 9 unspecified atom stereocenters. The molecule has 0 saturated heterocycles. The van der Waals surface area contributed by atoms with Gasteiger partial charge in [-0.15, -0.1) is 0 Å². The number of aromatic nitrogens is 2. The predicted octanol–water partition coefficient (Wildman–Crippen LogP) is 8.92. The first kappa shape index (κ1) is 32.5. The average molecular weight is 652 g/mol. The zero-order chi connectivity index (χ0) is 33.5. The Kier molecular flexibility index (Phi) is 7.91. The molecular formula is C42H57N3O3. The Bertz CT molecular complexity index is 1700. The largest absolute Gasteiger partial charge is 0.478 e. The molecular weight excluding hydrogens is 594 g/mol. The van der Waals surface area contributed by atoms with Crippen molar-refractivity contribution in [2.75, 3.05) is 0 Å². The summed E-state index contributed by atoms with van der Waals surface area (Å²) in [6.07, 6.45) is 15.8. The summed E-state index contributed by atoms with van der Waals surface area (Å²) in [5, 5.41) is 23.9. The highest BCUT2D eigenvalue weighted by molar-refractivity contribution is 5.92. The standard InChI is InChI=1S/C42H57N3O3/c1-39(2)34-15-18-40(3)30-14-20-42(17-6-9-31(42)29(30)11-13-35(40)41(34,4)19-16-36(39)46)23-26-7-5-8-27(21-26)24-43-25-37-44-32-12-10-28(38(47)48)22-33(32)45-37/h5,7-8,10,12,21-22,29-31,34-36,43,46H,6,9,11,13-20,23-25H2,1-4H3,(H,44,45)(H,47,48). The fraction of sp³-hybridized carbons (Fsp3) is 0.667. The molecule has 48 heavy (non-hydrogen) atoms. The van der Waals surface area contributed by atoms with Gasteiger partial charge in [0, 0.05) is 6.54 Å². The highest BCUT2D eigenvalue weighted by atomic mass is 16.4. The second-order valence-electron chi connectivity index (χ2n) is 18.1. The van der Waals surface area contributed by atoms with E-state index < -0.39 is 5.97 Å². The summed E-state index contributed by atoms with van der Waals surface area (Å²) in [6.45, 7) is 11.5. The van der Waals surface area contributed by atoms with E-state index in [0.717, 1.165) is 53.5 Å². The molecule has 0 radical (unpaired) electrons. The number of fused-ring (bicyclic) bond motifs is 8. The number of aliphatic hydroxyl groups excluding tert-OH is 1. The molecule has 0 amide bonds. The Balaban J connectivity index is 0.946. The lowest BCUT2D eigenvalue weighted by molar-refractivity contribution is -0.214. The highest BCUT2D eigenvalue weighted by Gasteiger charge is 2.66. The number of aromatic amines is 1. The summed E-state index contributed by atoms with van der Waals surface area (Å²) in [5.74, 6) is 3.95. The van der Waals surface area contributed by atoms with Crippen LogP contribution in [0.2, 0.25) is 0 Å². The van der Waals surface area contributed by atoms with Gasteiger partial charge in [0.05, 0.1) is 29.2 Å². The third-order valence-electron chi connectivity index (χ3n) is 15.6. The highest BCUT2D eigenvalue weighted by Crippen LogP contribution is 2.73. The van der Waals surface area contributed by atoms with Gasteiger partial charge in [-0.05, 0) is 151 Å². The molecule has 5 fully saturated rings. The topological polar surface area (TPSA) is 98.2 Å². The zero-order valence-corrected chi connectivity index (χ0v) is 29.7. The lowest BCUT2D eigenvalue weighted by Gasteiger charge is -2.69. The van der Waals surface area contributed by atoms with Gasteiger partial charge in [-0.3, -0.25) is 0 Å². The van der Waals surface area contributed by atoms with Crippen LogP contribution in [0.25, 0.3) is 11.0 Å². The molecule has 6 nitrogen and oxygen atoms in total. The Morgan fingerprint density at radius 3 is 2.50 bits per heavy atom. The van der Waals surface area contributed by atoms with E-state index in [1.54, 1.807) is 18.2 Å². The smallest absolute Gasteiger partial charge is 0.335 e. The van der Waals surface area contributed by atoms with Gasteiger partial charge in [0.2, 0.25) is 0 Å². The van der Waals surface area contributed by atoms with Gasteiger partial charge < -0.3 is 20.5 Å². The summed E-state index contributed by atoms with van der Waals surface area (Å²) in [5.41, 5.74) is 5.95. The monoisotopic (exact) mass is 651 g/mol. The van der Waals surface area contributed by atoms with E-state index in [4.69, 9.17) is 0 Å². The second kappa shape index (κ2) is 11.7. The molecule has 5 aliphatic rings.